The maximum absolute atomic E-state index is 5.45. The highest BCUT2D eigenvalue weighted by atomic mass is 79.9. The van der Waals surface area contributed by atoms with Crippen molar-refractivity contribution >= 4 is 27.4 Å². The van der Waals surface area contributed by atoms with E-state index in [1.54, 1.807) is 19.6 Å². The van der Waals surface area contributed by atoms with Crippen LogP contribution in [0.3, 0.4) is 0 Å². The molecule has 1 aromatic carbocycles. The molecule has 0 spiro atoms. The van der Waals surface area contributed by atoms with Gasteiger partial charge in [-0.05, 0) is 28.1 Å². The minimum Gasteiger partial charge on any atom is -0.495 e. The number of ether oxygens (including phenoxy) is 1. The van der Waals surface area contributed by atoms with Crippen molar-refractivity contribution in [1.82, 2.24) is 9.97 Å². The van der Waals surface area contributed by atoms with Crippen LogP contribution in [-0.2, 0) is 0 Å². The molecular weight excluding hydrogens is 332 g/mol. The van der Waals surface area contributed by atoms with Crippen LogP contribution in [0, 0.1) is 0 Å². The molecule has 1 aromatic heterocycles. The molecule has 0 N–H and O–H groups in total. The number of nitrogens with zero attached hydrogens (tertiary/aromatic N) is 4. The topological polar surface area (TPSA) is 41.5 Å². The highest BCUT2D eigenvalue weighted by molar-refractivity contribution is 9.10. The van der Waals surface area contributed by atoms with Crippen LogP contribution in [0.25, 0.3) is 0 Å². The van der Waals surface area contributed by atoms with Crippen LogP contribution < -0.4 is 14.5 Å². The Balaban J connectivity index is 1.72. The summed E-state index contributed by atoms with van der Waals surface area (Å²) in [5.41, 5.74) is 1.15. The molecule has 0 atom stereocenters. The van der Waals surface area contributed by atoms with E-state index >= 15 is 0 Å². The number of hydrogen-bond donors (Lipinski definition) is 0. The molecule has 1 aliphatic heterocycles. The lowest BCUT2D eigenvalue weighted by molar-refractivity contribution is 0.413. The van der Waals surface area contributed by atoms with Gasteiger partial charge in [0.25, 0.3) is 0 Å². The number of hydrogen-bond acceptors (Lipinski definition) is 5. The normalized spacial score (nSPS) is 15.1. The predicted molar refractivity (Wildman–Crippen MR) is 87.2 cm³/mol. The van der Waals surface area contributed by atoms with Crippen molar-refractivity contribution < 1.29 is 4.74 Å². The fourth-order valence-corrected chi connectivity index (χ4v) is 3.06. The Labute approximate surface area is 132 Å². The first-order chi connectivity index (χ1) is 10.3. The minimum atomic E-state index is 0.924. The first-order valence-electron chi connectivity index (χ1n) is 6.88. The molecule has 6 heteroatoms. The molecule has 2 aromatic rings. The SMILES string of the molecule is COc1ccccc1N1CCN(c2ncncc2Br)CC1. The van der Waals surface area contributed by atoms with Gasteiger partial charge in [-0.25, -0.2) is 9.97 Å². The molecule has 0 unspecified atom stereocenters. The molecule has 2 heterocycles. The van der Waals surface area contributed by atoms with E-state index in [4.69, 9.17) is 4.74 Å². The van der Waals surface area contributed by atoms with Gasteiger partial charge in [-0.3, -0.25) is 0 Å². The molecule has 3 rings (SSSR count). The molecule has 0 saturated carbocycles. The third-order valence-electron chi connectivity index (χ3n) is 3.65. The fourth-order valence-electron chi connectivity index (χ4n) is 2.59. The number of rotatable bonds is 3. The average Bonchev–Trinajstić information content (AvgIpc) is 2.55. The lowest BCUT2D eigenvalue weighted by atomic mass is 10.2. The monoisotopic (exact) mass is 348 g/mol. The average molecular weight is 349 g/mol. The molecule has 0 aliphatic carbocycles. The Morgan fingerprint density at radius 1 is 1.10 bits per heavy atom. The van der Waals surface area contributed by atoms with Crippen molar-refractivity contribution in [3.63, 3.8) is 0 Å². The molecule has 0 radical (unpaired) electrons. The summed E-state index contributed by atoms with van der Waals surface area (Å²) >= 11 is 3.51. The van der Waals surface area contributed by atoms with Gasteiger partial charge in [0, 0.05) is 32.4 Å². The summed E-state index contributed by atoms with van der Waals surface area (Å²) in [6, 6.07) is 8.15. The van der Waals surface area contributed by atoms with Crippen molar-refractivity contribution in [2.75, 3.05) is 43.1 Å². The molecular formula is C15H17BrN4O. The van der Waals surface area contributed by atoms with E-state index in [1.165, 1.54) is 0 Å². The summed E-state index contributed by atoms with van der Waals surface area (Å²) in [7, 11) is 1.72. The Kier molecular flexibility index (Phi) is 4.24. The van der Waals surface area contributed by atoms with Crippen LogP contribution in [0.15, 0.2) is 41.3 Å². The summed E-state index contributed by atoms with van der Waals surface area (Å²) in [5.74, 6) is 1.89. The zero-order valence-electron chi connectivity index (χ0n) is 11.9. The summed E-state index contributed by atoms with van der Waals surface area (Å²) in [5, 5.41) is 0. The van der Waals surface area contributed by atoms with Crippen LogP contribution in [0.1, 0.15) is 0 Å². The molecule has 0 amide bonds. The molecule has 1 aliphatic rings. The third kappa shape index (κ3) is 2.95. The Morgan fingerprint density at radius 2 is 1.81 bits per heavy atom. The predicted octanol–water partition coefficient (Wildman–Crippen LogP) is 2.57. The number of aromatic nitrogens is 2. The van der Waals surface area contributed by atoms with Crippen LogP contribution in [0.4, 0.5) is 11.5 Å². The third-order valence-corrected chi connectivity index (χ3v) is 4.21. The second-order valence-electron chi connectivity index (χ2n) is 4.84. The van der Waals surface area contributed by atoms with Gasteiger partial charge < -0.3 is 14.5 Å². The second kappa shape index (κ2) is 6.30. The van der Waals surface area contributed by atoms with Crippen molar-refractivity contribution in [2.45, 2.75) is 0 Å². The first-order valence-corrected chi connectivity index (χ1v) is 7.67. The van der Waals surface area contributed by atoms with Crippen LogP contribution >= 0.6 is 15.9 Å². The van der Waals surface area contributed by atoms with Gasteiger partial charge >= 0.3 is 0 Å². The van der Waals surface area contributed by atoms with Crippen LogP contribution in [0.5, 0.6) is 5.75 Å². The number of benzene rings is 1. The highest BCUT2D eigenvalue weighted by Crippen LogP contribution is 2.30. The summed E-state index contributed by atoms with van der Waals surface area (Å²) in [6.07, 6.45) is 3.38. The van der Waals surface area contributed by atoms with E-state index in [2.05, 4.69) is 41.8 Å². The van der Waals surface area contributed by atoms with E-state index in [0.29, 0.717) is 0 Å². The maximum atomic E-state index is 5.45. The Hall–Kier alpha value is -1.82. The van der Waals surface area contributed by atoms with E-state index in [1.807, 2.05) is 18.2 Å². The summed E-state index contributed by atoms with van der Waals surface area (Å²) in [4.78, 5) is 13.0. The zero-order chi connectivity index (χ0) is 14.7. The zero-order valence-corrected chi connectivity index (χ0v) is 13.5. The maximum Gasteiger partial charge on any atom is 0.146 e. The van der Waals surface area contributed by atoms with E-state index in [0.717, 1.165) is 47.9 Å². The molecule has 21 heavy (non-hydrogen) atoms. The van der Waals surface area contributed by atoms with Gasteiger partial charge in [0.1, 0.15) is 17.9 Å². The Bertz CT molecular complexity index is 614. The van der Waals surface area contributed by atoms with Crippen molar-refractivity contribution in [2.24, 2.45) is 0 Å². The number of anilines is 2. The van der Waals surface area contributed by atoms with E-state index < -0.39 is 0 Å². The van der Waals surface area contributed by atoms with E-state index in [9.17, 15) is 0 Å². The quantitative estimate of drug-likeness (QED) is 0.852. The van der Waals surface area contributed by atoms with Crippen LogP contribution in [-0.4, -0.2) is 43.3 Å². The molecule has 1 fully saturated rings. The van der Waals surface area contributed by atoms with E-state index in [-0.39, 0.29) is 0 Å². The van der Waals surface area contributed by atoms with Gasteiger partial charge in [-0.15, -0.1) is 0 Å². The first kappa shape index (κ1) is 14.1. The summed E-state index contributed by atoms with van der Waals surface area (Å²) in [6.45, 7) is 3.73. The smallest absolute Gasteiger partial charge is 0.146 e. The minimum absolute atomic E-state index is 0.924. The lowest BCUT2D eigenvalue weighted by Crippen LogP contribution is -2.47. The fraction of sp³-hybridized carbons (Fsp3) is 0.333. The summed E-state index contributed by atoms with van der Waals surface area (Å²) < 4.78 is 6.39. The second-order valence-corrected chi connectivity index (χ2v) is 5.69. The number of halogens is 1. The number of piperazine rings is 1. The van der Waals surface area contributed by atoms with Gasteiger partial charge in [-0.2, -0.15) is 0 Å². The highest BCUT2D eigenvalue weighted by Gasteiger charge is 2.21. The number of para-hydroxylation sites is 2. The molecule has 5 nitrogen and oxygen atoms in total. The largest absolute Gasteiger partial charge is 0.495 e. The lowest BCUT2D eigenvalue weighted by Gasteiger charge is -2.37. The van der Waals surface area contributed by atoms with Crippen LogP contribution in [0.2, 0.25) is 0 Å². The molecule has 110 valence electrons. The van der Waals surface area contributed by atoms with Gasteiger partial charge in [0.15, 0.2) is 0 Å². The Morgan fingerprint density at radius 3 is 2.52 bits per heavy atom. The van der Waals surface area contributed by atoms with Gasteiger partial charge in [0.2, 0.25) is 0 Å². The molecule has 0 bridgehead atoms. The van der Waals surface area contributed by atoms with Gasteiger partial charge in [-0.1, -0.05) is 12.1 Å². The van der Waals surface area contributed by atoms with Crippen molar-refractivity contribution in [3.8, 4) is 5.75 Å². The van der Waals surface area contributed by atoms with Crippen molar-refractivity contribution in [3.05, 3.63) is 41.3 Å². The number of methoxy groups -OCH3 is 1. The standard InChI is InChI=1S/C15H17BrN4O/c1-21-14-5-3-2-4-13(14)19-6-8-20(9-7-19)15-12(16)10-17-11-18-15/h2-5,10-11H,6-9H2,1H3. The van der Waals surface area contributed by atoms with Crippen molar-refractivity contribution in [1.29, 1.82) is 0 Å². The van der Waals surface area contributed by atoms with Gasteiger partial charge in [0.05, 0.1) is 17.3 Å². The molecule has 1 saturated heterocycles.